The number of rotatable bonds is 0. The van der Waals surface area contributed by atoms with E-state index in [4.69, 9.17) is 0 Å². The Morgan fingerprint density at radius 1 is 0.909 bits per heavy atom. The van der Waals surface area contributed by atoms with E-state index in [2.05, 4.69) is 42.7 Å². The molecule has 0 aliphatic carbocycles. The predicted octanol–water partition coefficient (Wildman–Crippen LogP) is -4.48. The molecule has 0 aliphatic rings. The molecule has 14 N–H and O–H groups in total. The van der Waals surface area contributed by atoms with Crippen LogP contribution in [0.4, 0.5) is 0 Å². The fraction of sp³-hybridized carbons (Fsp3) is 0. The Kier molecular flexibility index (Phi) is 4340. The van der Waals surface area contributed by atoms with E-state index in [1.807, 2.05) is 5.49 Å². The Hall–Kier alpha value is 0.434. The van der Waals surface area contributed by atoms with Crippen LogP contribution in [0.3, 0.4) is 0 Å². The van der Waals surface area contributed by atoms with Crippen LogP contribution in [0.2, 0.25) is 0 Å². The van der Waals surface area contributed by atoms with Gasteiger partial charge in [0.2, 0.25) is 0 Å². The number of nitrogens with two attached hydrogens (primary N) is 1. The van der Waals surface area contributed by atoms with E-state index >= 15 is 0 Å². The summed E-state index contributed by atoms with van der Waals surface area (Å²) in [4.78, 5) is 0. The van der Waals surface area contributed by atoms with Crippen molar-refractivity contribution in [3.05, 3.63) is 0 Å². The van der Waals surface area contributed by atoms with Gasteiger partial charge in [-0.05, 0) is 0 Å². The molecular formula is CH14ClNNiO6S-. The molecule has 0 heterocycles. The third-order valence-electron chi connectivity index (χ3n) is 0. The van der Waals surface area contributed by atoms with Crippen LogP contribution in [0.25, 0.3) is 0 Å². The van der Waals surface area contributed by atoms with E-state index in [9.17, 15) is 0 Å². The normalized spacial score (nSPS) is 1.73. The molecule has 0 unspecified atom stereocenters. The molecule has 0 saturated heterocycles. The van der Waals surface area contributed by atoms with Crippen LogP contribution in [-0.4, -0.2) is 38.3 Å². The van der Waals surface area contributed by atoms with Crippen LogP contribution in [-0.2, 0) is 14.6 Å². The minimum atomic E-state index is 0. The van der Waals surface area contributed by atoms with Crippen LogP contribution in [0, 0.1) is 0 Å². The van der Waals surface area contributed by atoms with E-state index in [1.54, 1.807) is 0 Å². The minimum absolute atomic E-state index is 0. The summed E-state index contributed by atoms with van der Waals surface area (Å²) in [5.41, 5.74) is 6.25. The molecule has 0 aliphatic heterocycles. The van der Waals surface area contributed by atoms with Gasteiger partial charge in [-0.25, -0.2) is 0 Å². The van der Waals surface area contributed by atoms with E-state index in [0.717, 1.165) is 0 Å². The number of halogens is 1. The van der Waals surface area contributed by atoms with Crippen molar-refractivity contribution >= 4 is 27.9 Å². The molecule has 10 heteroatoms. The van der Waals surface area contributed by atoms with Gasteiger partial charge in [-0.15, -0.1) is 0 Å². The van der Waals surface area contributed by atoms with Crippen molar-refractivity contribution in [1.82, 2.24) is 0 Å². The van der Waals surface area contributed by atoms with Crippen molar-refractivity contribution in [2.24, 2.45) is 5.73 Å². The first kappa shape index (κ1) is 106. The van der Waals surface area contributed by atoms with E-state index in [-0.39, 0.29) is 32.9 Å². The van der Waals surface area contributed by atoms with Crippen LogP contribution < -0.4 is 5.73 Å². The summed E-state index contributed by atoms with van der Waals surface area (Å²) in [6, 6.07) is 0. The number of hydrogen-bond donors (Lipinski definition) is 1. The van der Waals surface area contributed by atoms with E-state index < -0.39 is 0 Å². The zero-order valence-corrected chi connectivity index (χ0v) is 7.74. The van der Waals surface area contributed by atoms with Gasteiger partial charge >= 0.3 is 24.8 Å². The van der Waals surface area contributed by atoms with Gasteiger partial charge in [0.25, 0.3) is 0 Å². The second kappa shape index (κ2) is 452. The predicted molar refractivity (Wildman–Crippen MR) is 44.3 cm³/mol. The molecular weight excluding hydrogens is 248 g/mol. The van der Waals surface area contributed by atoms with Gasteiger partial charge in [0.1, 0.15) is 0 Å². The fourth-order valence-electron chi connectivity index (χ4n) is 0. The van der Waals surface area contributed by atoms with Crippen molar-refractivity contribution in [2.75, 3.05) is 0 Å². The average molecular weight is 262 g/mol. The average Bonchev–Trinajstić information content (AvgIpc) is 1.46. The van der Waals surface area contributed by atoms with Gasteiger partial charge in [0, 0.05) is 0 Å². The van der Waals surface area contributed by atoms with Gasteiger partial charge in [-0.2, -0.15) is 0 Å². The molecule has 7 nitrogen and oxygen atoms in total. The summed E-state index contributed by atoms with van der Waals surface area (Å²) < 4.78 is 0. The molecule has 0 aromatic heterocycles. The zero-order chi connectivity index (χ0) is 4.71. The standard InChI is InChI=1S/CH2NS.ClH.Ni.6H2O/c2-1-3;;;;;;;;/h(H2,2,3);1H;;6*1H2/q-1;;+1;;;;;;/p-1. The molecule has 0 fully saturated rings. The van der Waals surface area contributed by atoms with E-state index in [0.29, 0.717) is 0 Å². The van der Waals surface area contributed by atoms with Gasteiger partial charge < -0.3 is 56.3 Å². The second-order valence-corrected chi connectivity index (χ2v) is 0.354. The van der Waals surface area contributed by atoms with Crippen molar-refractivity contribution in [2.45, 2.75) is 0 Å². The summed E-state index contributed by atoms with van der Waals surface area (Å²) in [7, 11) is 4.26. The van der Waals surface area contributed by atoms with Crippen LogP contribution in [0.1, 0.15) is 0 Å². The summed E-state index contributed by atoms with van der Waals surface area (Å²) in [6.07, 6.45) is 0. The maximum absolute atomic E-state index is 4.41. The van der Waals surface area contributed by atoms with Crippen LogP contribution in [0.5, 0.6) is 0 Å². The molecule has 0 amide bonds. The molecule has 0 spiro atoms. The molecule has 0 bridgehead atoms. The third kappa shape index (κ3) is 3950. The van der Waals surface area contributed by atoms with Gasteiger partial charge in [0.05, 0.1) is 0 Å². The van der Waals surface area contributed by atoms with Crippen molar-refractivity contribution in [3.63, 3.8) is 0 Å². The molecule has 0 rings (SSSR count). The number of hydrogen-bond acceptors (Lipinski definition) is 1. The van der Waals surface area contributed by atoms with Crippen LogP contribution in [0.15, 0.2) is 0 Å². The first-order valence-electron chi connectivity index (χ1n) is 0.612. The quantitative estimate of drug-likeness (QED) is 0.197. The third-order valence-corrected chi connectivity index (χ3v) is 0. The molecule has 11 heavy (non-hydrogen) atoms. The summed E-state index contributed by atoms with van der Waals surface area (Å²) in [6.45, 7) is 0. The Labute approximate surface area is 81.4 Å². The van der Waals surface area contributed by atoms with Gasteiger partial charge in [0.15, 0.2) is 0 Å². The van der Waals surface area contributed by atoms with E-state index in [1.165, 1.54) is 0 Å². The van der Waals surface area contributed by atoms with Crippen molar-refractivity contribution in [3.8, 4) is 0 Å². The first-order chi connectivity index (χ1) is 2.41. The summed E-state index contributed by atoms with van der Waals surface area (Å²) >= 11 is 7.27. The zero-order valence-electron chi connectivity index (χ0n) is 5.18. The monoisotopic (exact) mass is 261 g/mol. The van der Waals surface area contributed by atoms with Gasteiger partial charge in [-0.3, -0.25) is 0 Å². The Bertz CT molecular complexity index is 30.1. The first-order valence-corrected chi connectivity index (χ1v) is 2.38. The molecule has 0 atom stereocenters. The Morgan fingerprint density at radius 3 is 0.909 bits per heavy atom. The van der Waals surface area contributed by atoms with Crippen LogP contribution >= 0.6 is 22.4 Å². The SMILES string of the molecule is N[C-]=S.O.O.O.O.O.O.[Cl][Ni]. The molecule has 0 saturated carbocycles. The molecule has 83 valence electrons. The Morgan fingerprint density at radius 2 is 0.909 bits per heavy atom. The topological polar surface area (TPSA) is 215 Å². The molecule has 0 radical (unpaired) electrons. The maximum atomic E-state index is 4.41. The van der Waals surface area contributed by atoms with Crippen molar-refractivity contribution in [1.29, 1.82) is 0 Å². The second-order valence-electron chi connectivity index (χ2n) is 0.118. The fourth-order valence-corrected chi connectivity index (χ4v) is 0. The molecule has 0 aromatic carbocycles. The number of thiocarbonyl (C=S) groups is 1. The molecule has 0 aromatic rings. The van der Waals surface area contributed by atoms with Crippen molar-refractivity contribution < 1.29 is 47.4 Å². The summed E-state index contributed by atoms with van der Waals surface area (Å²) in [5.74, 6) is 0. The van der Waals surface area contributed by atoms with Gasteiger partial charge in [-0.1, -0.05) is 0 Å². The summed E-state index contributed by atoms with van der Waals surface area (Å²) in [5, 5.41) is 0. The Balaban J connectivity index is -0.00000000181.